The van der Waals surface area contributed by atoms with Crippen LogP contribution in [0.15, 0.2) is 83.6 Å². The van der Waals surface area contributed by atoms with E-state index in [9.17, 15) is 9.59 Å². The van der Waals surface area contributed by atoms with Gasteiger partial charge in [0.25, 0.3) is 11.8 Å². The number of hydrogen-bond donors (Lipinski definition) is 2. The van der Waals surface area contributed by atoms with Crippen molar-refractivity contribution >= 4 is 35.1 Å². The molecule has 1 aliphatic heterocycles. The molecule has 180 valence electrons. The van der Waals surface area contributed by atoms with Gasteiger partial charge in [0.2, 0.25) is 5.76 Å². The minimum absolute atomic E-state index is 0.0433. The van der Waals surface area contributed by atoms with Crippen LogP contribution in [0.5, 0.6) is 0 Å². The lowest BCUT2D eigenvalue weighted by Gasteiger charge is -2.36. The number of anilines is 1. The molecule has 3 N–H and O–H groups in total. The first-order valence-electron chi connectivity index (χ1n) is 11.5. The summed E-state index contributed by atoms with van der Waals surface area (Å²) in [5.74, 6) is -0.188. The molecule has 0 saturated carbocycles. The molecule has 0 spiro atoms. The molecule has 1 fully saturated rings. The smallest absolute Gasteiger partial charge is 0.293 e. The number of aryl methyl sites for hydroxylation is 1. The van der Waals surface area contributed by atoms with Gasteiger partial charge in [0.15, 0.2) is 6.21 Å². The van der Waals surface area contributed by atoms with Crippen molar-refractivity contribution in [3.05, 3.63) is 99.6 Å². The van der Waals surface area contributed by atoms with Crippen molar-refractivity contribution in [2.75, 3.05) is 31.5 Å². The summed E-state index contributed by atoms with van der Waals surface area (Å²) in [6, 6.07) is 20.8. The van der Waals surface area contributed by atoms with Gasteiger partial charge in [-0.3, -0.25) is 15.0 Å². The van der Waals surface area contributed by atoms with Crippen LogP contribution in [-0.2, 0) is 16.1 Å². The highest BCUT2D eigenvalue weighted by Crippen LogP contribution is 2.21. The zero-order valence-corrected chi connectivity index (χ0v) is 20.5. The average molecular weight is 490 g/mol. The maximum Gasteiger partial charge on any atom is 0.293 e. The molecule has 8 heteroatoms. The van der Waals surface area contributed by atoms with E-state index in [1.807, 2.05) is 88.8 Å². The Hall–Kier alpha value is -3.91. The first kappa shape index (κ1) is 24.2. The van der Waals surface area contributed by atoms with Crippen molar-refractivity contribution < 1.29 is 19.7 Å². The molecular weight excluding hydrogens is 460 g/mol. The molecule has 0 atom stereocenters. The molecule has 0 bridgehead atoms. The van der Waals surface area contributed by atoms with Crippen LogP contribution in [0.3, 0.4) is 0 Å². The van der Waals surface area contributed by atoms with Crippen molar-refractivity contribution in [1.29, 1.82) is 0 Å². The third-order valence-corrected chi connectivity index (χ3v) is 6.82. The topological polar surface area (TPSA) is 87.5 Å². The molecule has 2 amide bonds. The Morgan fingerprint density at radius 2 is 1.60 bits per heavy atom. The summed E-state index contributed by atoms with van der Waals surface area (Å²) >= 11 is 1.46. The molecule has 0 radical (unpaired) electrons. The van der Waals surface area contributed by atoms with Crippen LogP contribution in [0.4, 0.5) is 5.69 Å². The number of hydrogen-bond acceptors (Lipinski definition) is 5. The summed E-state index contributed by atoms with van der Waals surface area (Å²) in [6.45, 7) is 4.31. The van der Waals surface area contributed by atoms with Crippen LogP contribution >= 0.6 is 11.3 Å². The molecule has 1 saturated heterocycles. The summed E-state index contributed by atoms with van der Waals surface area (Å²) < 4.78 is 6.05. The fourth-order valence-electron chi connectivity index (χ4n) is 3.91. The van der Waals surface area contributed by atoms with Crippen LogP contribution in [0.1, 0.15) is 20.8 Å². The molecule has 2 heterocycles. The van der Waals surface area contributed by atoms with Crippen molar-refractivity contribution in [2.45, 2.75) is 13.5 Å². The van der Waals surface area contributed by atoms with Gasteiger partial charge in [0, 0.05) is 31.9 Å². The quantitative estimate of drug-likeness (QED) is 0.289. The molecular formula is C27H29N4O3S+. The zero-order chi connectivity index (χ0) is 24.6. The van der Waals surface area contributed by atoms with Crippen LogP contribution in [0, 0.1) is 6.92 Å². The fourth-order valence-corrected chi connectivity index (χ4v) is 4.80. The lowest BCUT2D eigenvalue weighted by Crippen LogP contribution is -2.50. The van der Waals surface area contributed by atoms with Crippen molar-refractivity contribution in [2.24, 2.45) is 0 Å². The molecule has 7 nitrogen and oxygen atoms in total. The van der Waals surface area contributed by atoms with E-state index < -0.39 is 0 Å². The minimum Gasteiger partial charge on any atom is -0.481 e. The first-order chi connectivity index (χ1) is 17.1. The van der Waals surface area contributed by atoms with Gasteiger partial charge < -0.3 is 19.9 Å². The van der Waals surface area contributed by atoms with E-state index in [0.29, 0.717) is 37.6 Å². The molecule has 0 unspecified atom stereocenters. The Bertz CT molecular complexity index is 1200. The number of amides is 2. The van der Waals surface area contributed by atoms with Gasteiger partial charge in [0.1, 0.15) is 12.3 Å². The maximum atomic E-state index is 13.3. The molecule has 1 aliphatic rings. The average Bonchev–Trinajstić information content (AvgIpc) is 3.33. The Kier molecular flexibility index (Phi) is 7.95. The predicted octanol–water partition coefficient (Wildman–Crippen LogP) is 2.71. The monoisotopic (exact) mass is 489 g/mol. The molecule has 4 rings (SSSR count). The molecule has 35 heavy (non-hydrogen) atoms. The number of para-hydroxylation sites is 1. The summed E-state index contributed by atoms with van der Waals surface area (Å²) in [4.78, 5) is 30.8. The van der Waals surface area contributed by atoms with Crippen molar-refractivity contribution in [3.8, 4) is 0 Å². The number of piperazine rings is 1. The second-order valence-electron chi connectivity index (χ2n) is 8.19. The number of benzene rings is 2. The second kappa shape index (κ2) is 11.5. The summed E-state index contributed by atoms with van der Waals surface area (Å²) in [6.07, 6.45) is 1.41. The van der Waals surface area contributed by atoms with Gasteiger partial charge in [-0.1, -0.05) is 48.5 Å². The van der Waals surface area contributed by atoms with E-state index in [1.165, 1.54) is 17.6 Å². The van der Waals surface area contributed by atoms with E-state index in [4.69, 9.17) is 10.1 Å². The highest BCUT2D eigenvalue weighted by Gasteiger charge is 2.29. The highest BCUT2D eigenvalue weighted by atomic mass is 32.1. The predicted molar refractivity (Wildman–Crippen MR) is 138 cm³/mol. The van der Waals surface area contributed by atoms with Crippen LogP contribution in [-0.4, -0.2) is 54.0 Å². The number of ether oxygens (including phenoxy) is 1. The largest absolute Gasteiger partial charge is 0.481 e. The fraction of sp³-hybridized carbons (Fsp3) is 0.222. The third kappa shape index (κ3) is 5.96. The number of nitrogens with two attached hydrogens (primary N) is 1. The van der Waals surface area contributed by atoms with E-state index in [1.54, 1.807) is 0 Å². The van der Waals surface area contributed by atoms with Crippen molar-refractivity contribution in [1.82, 2.24) is 9.80 Å². The van der Waals surface area contributed by atoms with E-state index in [0.717, 1.165) is 16.0 Å². The number of nitrogens with zero attached hydrogens (tertiary/aromatic N) is 2. The van der Waals surface area contributed by atoms with E-state index in [-0.39, 0.29) is 24.2 Å². The van der Waals surface area contributed by atoms with Gasteiger partial charge in [-0.25, -0.2) is 0 Å². The van der Waals surface area contributed by atoms with Gasteiger partial charge in [-0.2, -0.15) is 0 Å². The van der Waals surface area contributed by atoms with Crippen LogP contribution in [0.25, 0.3) is 0 Å². The Labute approximate surface area is 209 Å². The SMILES string of the molecule is Cc1ccsc1C(=O)N1CCN(/C(C=[NH2+])=C(\OCc2ccccc2)C(=O)Nc2ccccc2)CC1. The zero-order valence-electron chi connectivity index (χ0n) is 19.6. The lowest BCUT2D eigenvalue weighted by molar-refractivity contribution is -0.117. The highest BCUT2D eigenvalue weighted by molar-refractivity contribution is 7.12. The molecule has 3 aromatic rings. The first-order valence-corrected chi connectivity index (χ1v) is 12.4. The standard InChI is InChI=1S/C27H28N4O3S/c1-20-12-17-35-25(20)27(33)31-15-13-30(14-16-31)23(18-28)24(34-19-21-8-4-2-5-9-21)26(32)29-22-10-6-3-7-11-22/h2-12,17-18,28H,13-16,19H2,1H3,(H,29,32)/p+1/b24-23-,28-18?. The van der Waals surface area contributed by atoms with Gasteiger partial charge in [-0.15, -0.1) is 11.3 Å². The second-order valence-corrected chi connectivity index (χ2v) is 9.10. The Balaban J connectivity index is 1.53. The van der Waals surface area contributed by atoms with Crippen molar-refractivity contribution in [3.63, 3.8) is 0 Å². The maximum absolute atomic E-state index is 13.3. The minimum atomic E-state index is -0.378. The normalized spacial score (nSPS) is 14.2. The molecule has 1 aromatic heterocycles. The number of carbonyl (C=O) groups is 2. The Morgan fingerprint density at radius 1 is 0.971 bits per heavy atom. The number of thiophene rings is 1. The van der Waals surface area contributed by atoms with Crippen LogP contribution in [0.2, 0.25) is 0 Å². The molecule has 2 aromatic carbocycles. The molecule has 0 aliphatic carbocycles. The van der Waals surface area contributed by atoms with Gasteiger partial charge in [0.05, 0.1) is 4.88 Å². The summed E-state index contributed by atoms with van der Waals surface area (Å²) in [5, 5.41) is 10.9. The number of allylic oxidation sites excluding steroid dienone is 1. The number of rotatable bonds is 8. The van der Waals surface area contributed by atoms with Gasteiger partial charge >= 0.3 is 0 Å². The third-order valence-electron chi connectivity index (χ3n) is 5.82. The lowest BCUT2D eigenvalue weighted by atomic mass is 10.2. The van der Waals surface area contributed by atoms with Gasteiger partial charge in [-0.05, 0) is 41.6 Å². The summed E-state index contributed by atoms with van der Waals surface area (Å²) in [5.41, 5.74) is 3.10. The van der Waals surface area contributed by atoms with E-state index in [2.05, 4.69) is 5.32 Å². The number of nitrogens with one attached hydrogen (secondary N) is 1. The summed E-state index contributed by atoms with van der Waals surface area (Å²) in [7, 11) is 0. The Morgan fingerprint density at radius 3 is 2.20 bits per heavy atom. The van der Waals surface area contributed by atoms with E-state index >= 15 is 0 Å². The number of carbonyl (C=O) groups excluding carboxylic acids is 2. The van der Waals surface area contributed by atoms with Crippen LogP contribution < -0.4 is 10.7 Å².